The fraction of sp³-hybridized carbons (Fsp3) is 0.200. The molecule has 0 saturated carbocycles. The quantitative estimate of drug-likeness (QED) is 0.816. The summed E-state index contributed by atoms with van der Waals surface area (Å²) >= 11 is 3.42. The molecule has 1 amide bonds. The second kappa shape index (κ2) is 7.43. The number of ketones is 1. The van der Waals surface area contributed by atoms with Crippen LogP contribution in [0.3, 0.4) is 0 Å². The number of hydrogen-bond donors (Lipinski definition) is 1. The molecule has 134 valence electrons. The van der Waals surface area contributed by atoms with E-state index in [0.717, 1.165) is 15.6 Å². The molecule has 1 aliphatic heterocycles. The fourth-order valence-electron chi connectivity index (χ4n) is 2.72. The van der Waals surface area contributed by atoms with Crippen LogP contribution in [0.15, 0.2) is 65.2 Å². The highest BCUT2D eigenvalue weighted by Crippen LogP contribution is 2.33. The average molecular weight is 416 g/mol. The zero-order chi connectivity index (χ0) is 18.7. The summed E-state index contributed by atoms with van der Waals surface area (Å²) < 4.78 is 11.9. The van der Waals surface area contributed by atoms with Crippen LogP contribution in [0.4, 0.5) is 4.79 Å². The lowest BCUT2D eigenvalue weighted by Gasteiger charge is -2.33. The maximum absolute atomic E-state index is 12.4. The third kappa shape index (κ3) is 3.71. The third-order valence-corrected chi connectivity index (χ3v) is 4.80. The Bertz CT molecular complexity index is 845. The molecule has 0 aromatic heterocycles. The van der Waals surface area contributed by atoms with E-state index in [-0.39, 0.29) is 5.78 Å². The van der Waals surface area contributed by atoms with Gasteiger partial charge in [-0.05, 0) is 47.9 Å². The Morgan fingerprint density at radius 3 is 2.27 bits per heavy atom. The molecule has 3 rings (SSSR count). The van der Waals surface area contributed by atoms with E-state index in [9.17, 15) is 9.59 Å². The lowest BCUT2D eigenvalue weighted by atomic mass is 9.88. The fourth-order valence-corrected chi connectivity index (χ4v) is 2.98. The largest absolute Gasteiger partial charge is 0.416 e. The molecule has 1 heterocycles. The average Bonchev–Trinajstić information content (AvgIpc) is 2.65. The molecule has 0 aliphatic carbocycles. The van der Waals surface area contributed by atoms with Crippen LogP contribution in [-0.4, -0.2) is 25.2 Å². The Labute approximate surface area is 160 Å². The molecule has 26 heavy (non-hydrogen) atoms. The molecule has 5 nitrogen and oxygen atoms in total. The van der Waals surface area contributed by atoms with Crippen molar-refractivity contribution < 1.29 is 19.1 Å². The van der Waals surface area contributed by atoms with Crippen molar-refractivity contribution in [3.05, 3.63) is 70.7 Å². The minimum Gasteiger partial charge on any atom is -0.416 e. The predicted molar refractivity (Wildman–Crippen MR) is 101 cm³/mol. The lowest BCUT2D eigenvalue weighted by molar-refractivity contribution is -0.177. The predicted octanol–water partition coefficient (Wildman–Crippen LogP) is 4.17. The second-order valence-electron chi connectivity index (χ2n) is 5.98. The van der Waals surface area contributed by atoms with Crippen molar-refractivity contribution in [2.45, 2.75) is 18.8 Å². The number of ether oxygens (including phenoxy) is 2. The first-order valence-corrected chi connectivity index (χ1v) is 8.87. The van der Waals surface area contributed by atoms with Crippen LogP contribution in [0.2, 0.25) is 0 Å². The van der Waals surface area contributed by atoms with E-state index in [1.807, 2.05) is 48.5 Å². The summed E-state index contributed by atoms with van der Waals surface area (Å²) in [5.74, 6) is -0.203. The topological polar surface area (TPSA) is 64.6 Å². The Hall–Kier alpha value is -2.44. The van der Waals surface area contributed by atoms with Gasteiger partial charge in [-0.1, -0.05) is 52.3 Å². The monoisotopic (exact) mass is 415 g/mol. The van der Waals surface area contributed by atoms with Gasteiger partial charge in [0.25, 0.3) is 0 Å². The normalized spacial score (nSPS) is 22.1. The first-order valence-electron chi connectivity index (χ1n) is 8.07. The molecule has 1 aliphatic rings. The van der Waals surface area contributed by atoms with Crippen molar-refractivity contribution in [2.24, 2.45) is 0 Å². The molecule has 2 atom stereocenters. The lowest BCUT2D eigenvalue weighted by Crippen LogP contribution is -2.43. The summed E-state index contributed by atoms with van der Waals surface area (Å²) in [6.45, 7) is 1.67. The molecule has 0 radical (unpaired) electrons. The summed E-state index contributed by atoms with van der Waals surface area (Å²) in [4.78, 5) is 23.8. The first-order chi connectivity index (χ1) is 12.4. The van der Waals surface area contributed by atoms with Crippen molar-refractivity contribution in [1.82, 2.24) is 5.32 Å². The van der Waals surface area contributed by atoms with Gasteiger partial charge in [-0.15, -0.1) is 0 Å². The maximum atomic E-state index is 12.4. The van der Waals surface area contributed by atoms with Crippen LogP contribution >= 0.6 is 15.9 Å². The Kier molecular flexibility index (Phi) is 5.25. The highest BCUT2D eigenvalue weighted by Gasteiger charge is 2.40. The maximum Gasteiger partial charge on any atom is 0.409 e. The Morgan fingerprint density at radius 1 is 1.12 bits per heavy atom. The van der Waals surface area contributed by atoms with Crippen LogP contribution < -0.4 is 5.32 Å². The van der Waals surface area contributed by atoms with Gasteiger partial charge in [-0.2, -0.15) is 0 Å². The SMILES string of the molecule is CNC(=O)OC1C=CC(=O)C(C)(c2ccc(-c3ccc(Br)cc3)cc2)O1. The van der Waals surface area contributed by atoms with Crippen LogP contribution in [0.25, 0.3) is 11.1 Å². The van der Waals surface area contributed by atoms with Gasteiger partial charge in [0.2, 0.25) is 6.29 Å². The van der Waals surface area contributed by atoms with Crippen LogP contribution in [0, 0.1) is 0 Å². The van der Waals surface area contributed by atoms with E-state index in [2.05, 4.69) is 21.2 Å². The molecule has 2 unspecified atom stereocenters. The van der Waals surface area contributed by atoms with Gasteiger partial charge in [0.15, 0.2) is 11.4 Å². The Morgan fingerprint density at radius 2 is 1.69 bits per heavy atom. The van der Waals surface area contributed by atoms with Gasteiger partial charge in [0.1, 0.15) is 0 Å². The van der Waals surface area contributed by atoms with Gasteiger partial charge in [0.05, 0.1) is 0 Å². The smallest absolute Gasteiger partial charge is 0.409 e. The van der Waals surface area contributed by atoms with Crippen LogP contribution in [0.5, 0.6) is 0 Å². The molecule has 0 saturated heterocycles. The van der Waals surface area contributed by atoms with Gasteiger partial charge in [0, 0.05) is 11.5 Å². The van der Waals surface area contributed by atoms with E-state index >= 15 is 0 Å². The van der Waals surface area contributed by atoms with Crippen LogP contribution in [0.1, 0.15) is 12.5 Å². The number of benzene rings is 2. The summed E-state index contributed by atoms with van der Waals surface area (Å²) in [5.41, 5.74) is 1.58. The minimum absolute atomic E-state index is 0.203. The molecule has 2 aromatic carbocycles. The van der Waals surface area contributed by atoms with Gasteiger partial charge >= 0.3 is 6.09 Å². The van der Waals surface area contributed by atoms with E-state index in [1.54, 1.807) is 6.92 Å². The summed E-state index contributed by atoms with van der Waals surface area (Å²) in [6.07, 6.45) is 1.26. The number of amides is 1. The van der Waals surface area contributed by atoms with Crippen molar-refractivity contribution >= 4 is 27.8 Å². The number of carbonyl (C=O) groups excluding carboxylic acids is 2. The van der Waals surface area contributed by atoms with Crippen molar-refractivity contribution in [1.29, 1.82) is 0 Å². The second-order valence-corrected chi connectivity index (χ2v) is 6.90. The summed E-state index contributed by atoms with van der Waals surface area (Å²) in [7, 11) is 1.46. The molecule has 2 aromatic rings. The molecule has 1 N–H and O–H groups in total. The molecular weight excluding hydrogens is 398 g/mol. The summed E-state index contributed by atoms with van der Waals surface area (Å²) in [5, 5.41) is 2.36. The standard InChI is InChI=1S/C20H18BrNO4/c1-20(17(23)11-12-18(26-20)25-19(24)22-2)15-7-3-13(4-8-15)14-5-9-16(21)10-6-14/h3-12,18H,1-2H3,(H,22,24). The van der Waals surface area contributed by atoms with Crippen LogP contribution in [-0.2, 0) is 19.9 Å². The van der Waals surface area contributed by atoms with Crippen molar-refractivity contribution in [3.8, 4) is 11.1 Å². The summed E-state index contributed by atoms with van der Waals surface area (Å²) in [6, 6.07) is 15.6. The van der Waals surface area contributed by atoms with Gasteiger partial charge in [-0.3, -0.25) is 4.79 Å². The molecule has 0 fully saturated rings. The number of hydrogen-bond acceptors (Lipinski definition) is 4. The van der Waals surface area contributed by atoms with Crippen molar-refractivity contribution in [2.75, 3.05) is 7.05 Å². The molecular formula is C20H18BrNO4. The zero-order valence-corrected chi connectivity index (χ0v) is 15.9. The Balaban J connectivity index is 1.84. The van der Waals surface area contributed by atoms with Gasteiger partial charge in [-0.25, -0.2) is 4.79 Å². The molecule has 6 heteroatoms. The van der Waals surface area contributed by atoms with Crippen molar-refractivity contribution in [3.63, 3.8) is 0 Å². The van der Waals surface area contributed by atoms with E-state index in [1.165, 1.54) is 19.2 Å². The number of halogens is 1. The van der Waals surface area contributed by atoms with E-state index in [4.69, 9.17) is 9.47 Å². The minimum atomic E-state index is -1.22. The zero-order valence-electron chi connectivity index (χ0n) is 14.4. The third-order valence-electron chi connectivity index (χ3n) is 4.27. The number of carbonyl (C=O) groups is 2. The molecule has 0 spiro atoms. The van der Waals surface area contributed by atoms with E-state index < -0.39 is 18.0 Å². The number of nitrogens with one attached hydrogen (secondary N) is 1. The number of rotatable bonds is 3. The highest BCUT2D eigenvalue weighted by molar-refractivity contribution is 9.10. The van der Waals surface area contributed by atoms with E-state index in [0.29, 0.717) is 5.56 Å². The highest BCUT2D eigenvalue weighted by atomic mass is 79.9. The van der Waals surface area contributed by atoms with Gasteiger partial charge < -0.3 is 14.8 Å². The number of alkyl carbamates (subject to hydrolysis) is 1. The first kappa shape index (κ1) is 18.4. The molecule has 0 bridgehead atoms.